The van der Waals surface area contributed by atoms with Gasteiger partial charge in [0.15, 0.2) is 0 Å². The Morgan fingerprint density at radius 3 is 2.43 bits per heavy atom. The molecule has 0 saturated carbocycles. The van der Waals surface area contributed by atoms with Crippen LogP contribution in [-0.2, 0) is 4.79 Å². The molecule has 3 rings (SSSR count). The van der Waals surface area contributed by atoms with Crippen LogP contribution in [0.25, 0.3) is 0 Å². The fourth-order valence-corrected chi connectivity index (χ4v) is 4.20. The van der Waals surface area contributed by atoms with Crippen LogP contribution < -0.4 is 9.64 Å². The molecule has 2 aliphatic heterocycles. The maximum absolute atomic E-state index is 12.4. The van der Waals surface area contributed by atoms with E-state index in [9.17, 15) is 4.79 Å². The van der Waals surface area contributed by atoms with Gasteiger partial charge in [-0.25, -0.2) is 0 Å². The molecule has 1 atom stereocenters. The van der Waals surface area contributed by atoms with E-state index >= 15 is 0 Å². The average Bonchev–Trinajstić information content (AvgIpc) is 2.73. The topological polar surface area (TPSA) is 39.3 Å². The van der Waals surface area contributed by atoms with Crippen molar-refractivity contribution >= 4 is 11.6 Å². The van der Waals surface area contributed by atoms with Gasteiger partial charge in [0, 0.05) is 57.5 Å². The van der Waals surface area contributed by atoms with Crippen LogP contribution in [0.3, 0.4) is 0 Å². The van der Waals surface area contributed by atoms with Crippen LogP contribution >= 0.6 is 0 Å². The summed E-state index contributed by atoms with van der Waals surface area (Å²) in [6, 6.07) is 9.20. The molecule has 0 aliphatic carbocycles. The first kappa shape index (κ1) is 20.9. The Hall–Kier alpha value is -1.79. The molecule has 1 unspecified atom stereocenters. The lowest BCUT2D eigenvalue weighted by Gasteiger charge is -2.44. The van der Waals surface area contributed by atoms with Gasteiger partial charge in [0.1, 0.15) is 5.75 Å². The van der Waals surface area contributed by atoms with Crippen LogP contribution in [0.15, 0.2) is 24.3 Å². The van der Waals surface area contributed by atoms with Crippen molar-refractivity contribution in [2.75, 3.05) is 64.9 Å². The third kappa shape index (κ3) is 5.17. The van der Waals surface area contributed by atoms with Crippen LogP contribution in [-0.4, -0.2) is 92.7 Å². The van der Waals surface area contributed by atoms with Crippen molar-refractivity contribution in [2.45, 2.75) is 38.8 Å². The summed E-state index contributed by atoms with van der Waals surface area (Å²) in [4.78, 5) is 21.7. The monoisotopic (exact) mass is 388 g/mol. The zero-order valence-electron chi connectivity index (χ0n) is 17.9. The minimum Gasteiger partial charge on any atom is -0.497 e. The standard InChI is InChI=1S/C22H36N4O2/c1-18(2)23(3)22(27)17-24-11-5-6-20(16-24)26-14-12-25(13-15-26)19-7-9-21(28-4)10-8-19/h7-10,18,20H,5-6,11-17H2,1-4H3. The third-order valence-corrected chi connectivity index (χ3v) is 6.28. The molecule has 2 heterocycles. The molecule has 2 saturated heterocycles. The molecule has 0 N–H and O–H groups in total. The number of nitrogens with zero attached hydrogens (tertiary/aromatic N) is 4. The molecule has 6 nitrogen and oxygen atoms in total. The van der Waals surface area contributed by atoms with E-state index in [1.807, 2.05) is 24.1 Å². The van der Waals surface area contributed by atoms with Gasteiger partial charge < -0.3 is 14.5 Å². The van der Waals surface area contributed by atoms with Gasteiger partial charge in [-0.3, -0.25) is 14.6 Å². The summed E-state index contributed by atoms with van der Waals surface area (Å²) in [5.41, 5.74) is 1.27. The van der Waals surface area contributed by atoms with Crippen LogP contribution in [0.1, 0.15) is 26.7 Å². The second-order valence-electron chi connectivity index (χ2n) is 8.35. The number of rotatable bonds is 6. The summed E-state index contributed by atoms with van der Waals surface area (Å²) in [5.74, 6) is 1.14. The highest BCUT2D eigenvalue weighted by Crippen LogP contribution is 2.23. The normalized spacial score (nSPS) is 21.8. The summed E-state index contributed by atoms with van der Waals surface area (Å²) in [6.07, 6.45) is 2.43. The quantitative estimate of drug-likeness (QED) is 0.747. The molecular weight excluding hydrogens is 352 g/mol. The Kier molecular flexibility index (Phi) is 7.18. The van der Waals surface area contributed by atoms with Gasteiger partial charge in [-0.1, -0.05) is 0 Å². The molecule has 0 aromatic heterocycles. The maximum atomic E-state index is 12.4. The molecule has 28 heavy (non-hydrogen) atoms. The van der Waals surface area contributed by atoms with Crippen LogP contribution in [0.2, 0.25) is 0 Å². The zero-order valence-corrected chi connectivity index (χ0v) is 17.9. The van der Waals surface area contributed by atoms with Gasteiger partial charge in [0.2, 0.25) is 5.91 Å². The van der Waals surface area contributed by atoms with E-state index in [1.54, 1.807) is 7.11 Å². The molecule has 6 heteroatoms. The number of methoxy groups -OCH3 is 1. The van der Waals surface area contributed by atoms with Crippen molar-refractivity contribution in [3.05, 3.63) is 24.3 Å². The molecule has 0 bridgehead atoms. The van der Waals surface area contributed by atoms with Crippen molar-refractivity contribution in [3.63, 3.8) is 0 Å². The predicted octanol–water partition coefficient (Wildman–Crippen LogP) is 2.15. The summed E-state index contributed by atoms with van der Waals surface area (Å²) in [6.45, 7) is 11.0. The average molecular weight is 389 g/mol. The van der Waals surface area contributed by atoms with Gasteiger partial charge in [0.05, 0.1) is 13.7 Å². The number of ether oxygens (including phenoxy) is 1. The summed E-state index contributed by atoms with van der Waals surface area (Å²) < 4.78 is 5.26. The Labute approximate surface area is 170 Å². The molecule has 1 amide bonds. The molecule has 1 aromatic rings. The first-order valence-corrected chi connectivity index (χ1v) is 10.6. The zero-order chi connectivity index (χ0) is 20.1. The number of anilines is 1. The molecule has 0 radical (unpaired) electrons. The number of carbonyl (C=O) groups is 1. The minimum atomic E-state index is 0.236. The Bertz CT molecular complexity index is 626. The first-order chi connectivity index (χ1) is 13.5. The molecule has 2 aliphatic rings. The molecule has 156 valence electrons. The van der Waals surface area contributed by atoms with E-state index in [0.29, 0.717) is 12.6 Å². The number of piperidine rings is 1. The number of hydrogen-bond acceptors (Lipinski definition) is 5. The SMILES string of the molecule is COc1ccc(N2CCN(C3CCCN(CC(=O)N(C)C(C)C)C3)CC2)cc1. The van der Waals surface area contributed by atoms with Gasteiger partial charge in [-0.05, 0) is 57.5 Å². The number of hydrogen-bond donors (Lipinski definition) is 0. The maximum Gasteiger partial charge on any atom is 0.236 e. The molecule has 0 spiro atoms. The van der Waals surface area contributed by atoms with Crippen molar-refractivity contribution < 1.29 is 9.53 Å². The molecule has 1 aromatic carbocycles. The predicted molar refractivity (Wildman–Crippen MR) is 114 cm³/mol. The highest BCUT2D eigenvalue weighted by Gasteiger charge is 2.29. The van der Waals surface area contributed by atoms with Crippen molar-refractivity contribution in [3.8, 4) is 5.75 Å². The third-order valence-electron chi connectivity index (χ3n) is 6.28. The Morgan fingerprint density at radius 2 is 1.82 bits per heavy atom. The second kappa shape index (κ2) is 9.61. The van der Waals surface area contributed by atoms with Crippen LogP contribution in [0.4, 0.5) is 5.69 Å². The second-order valence-corrected chi connectivity index (χ2v) is 8.35. The van der Waals surface area contributed by atoms with E-state index in [-0.39, 0.29) is 11.9 Å². The van der Waals surface area contributed by atoms with E-state index < -0.39 is 0 Å². The van der Waals surface area contributed by atoms with Crippen LogP contribution in [0.5, 0.6) is 5.75 Å². The lowest BCUT2D eigenvalue weighted by molar-refractivity contribution is -0.133. The smallest absolute Gasteiger partial charge is 0.236 e. The number of likely N-dealkylation sites (N-methyl/N-ethyl adjacent to an activating group) is 1. The summed E-state index contributed by atoms with van der Waals surface area (Å²) in [5, 5.41) is 0. The van der Waals surface area contributed by atoms with Crippen molar-refractivity contribution in [1.29, 1.82) is 0 Å². The fraction of sp³-hybridized carbons (Fsp3) is 0.682. The van der Waals surface area contributed by atoms with E-state index in [1.165, 1.54) is 18.5 Å². The van der Waals surface area contributed by atoms with Gasteiger partial charge >= 0.3 is 0 Å². The highest BCUT2D eigenvalue weighted by atomic mass is 16.5. The Morgan fingerprint density at radius 1 is 1.14 bits per heavy atom. The number of amides is 1. The number of benzene rings is 1. The lowest BCUT2D eigenvalue weighted by atomic mass is 10.0. The number of piperazine rings is 1. The van der Waals surface area contributed by atoms with Crippen molar-refractivity contribution in [2.24, 2.45) is 0 Å². The fourth-order valence-electron chi connectivity index (χ4n) is 4.20. The number of carbonyl (C=O) groups excluding carboxylic acids is 1. The Balaban J connectivity index is 1.49. The van der Waals surface area contributed by atoms with Gasteiger partial charge in [0.25, 0.3) is 0 Å². The summed E-state index contributed by atoms with van der Waals surface area (Å²) in [7, 11) is 3.61. The number of likely N-dealkylation sites (tertiary alicyclic amines) is 1. The van der Waals surface area contributed by atoms with Crippen molar-refractivity contribution in [1.82, 2.24) is 14.7 Å². The first-order valence-electron chi connectivity index (χ1n) is 10.6. The van der Waals surface area contributed by atoms with Gasteiger partial charge in [-0.15, -0.1) is 0 Å². The largest absolute Gasteiger partial charge is 0.497 e. The van der Waals surface area contributed by atoms with Crippen LogP contribution in [0, 0.1) is 0 Å². The highest BCUT2D eigenvalue weighted by molar-refractivity contribution is 5.78. The molecular formula is C22H36N4O2. The summed E-state index contributed by atoms with van der Waals surface area (Å²) >= 11 is 0. The van der Waals surface area contributed by atoms with E-state index in [0.717, 1.165) is 45.0 Å². The lowest BCUT2D eigenvalue weighted by Crippen LogP contribution is -2.56. The van der Waals surface area contributed by atoms with E-state index in [4.69, 9.17) is 4.74 Å². The van der Waals surface area contributed by atoms with E-state index in [2.05, 4.69) is 40.7 Å². The molecule has 2 fully saturated rings. The minimum absolute atomic E-state index is 0.236. The van der Waals surface area contributed by atoms with Gasteiger partial charge in [-0.2, -0.15) is 0 Å².